The first-order chi connectivity index (χ1) is 10.1. The molecule has 0 saturated heterocycles. The van der Waals surface area contributed by atoms with Crippen LogP contribution < -0.4 is 0 Å². The summed E-state index contributed by atoms with van der Waals surface area (Å²) in [6.07, 6.45) is 0. The van der Waals surface area contributed by atoms with Gasteiger partial charge in [-0.15, -0.1) is 11.6 Å². The molecule has 0 saturated carbocycles. The van der Waals surface area contributed by atoms with Gasteiger partial charge in [-0.3, -0.25) is 4.57 Å². The summed E-state index contributed by atoms with van der Waals surface area (Å²) in [6, 6.07) is 4.84. The summed E-state index contributed by atoms with van der Waals surface area (Å²) in [5, 5.41) is 4.47. The molecule has 7 heteroatoms. The van der Waals surface area contributed by atoms with Gasteiger partial charge in [-0.2, -0.15) is 5.10 Å². The fourth-order valence-corrected chi connectivity index (χ4v) is 2.96. The predicted octanol–water partition coefficient (Wildman–Crippen LogP) is 4.19. The van der Waals surface area contributed by atoms with Gasteiger partial charge in [-0.05, 0) is 48.0 Å². The van der Waals surface area contributed by atoms with Crippen molar-refractivity contribution in [2.45, 2.75) is 26.3 Å². The van der Waals surface area contributed by atoms with Gasteiger partial charge >= 0.3 is 0 Å². The summed E-state index contributed by atoms with van der Waals surface area (Å²) in [7, 11) is 0. The quantitative estimate of drug-likeness (QED) is 0.647. The van der Waals surface area contributed by atoms with Gasteiger partial charge < -0.3 is 0 Å². The van der Waals surface area contributed by atoms with Crippen molar-refractivity contribution in [3.05, 3.63) is 40.0 Å². The second-order valence-electron chi connectivity index (χ2n) is 4.67. The van der Waals surface area contributed by atoms with Gasteiger partial charge in [0.25, 0.3) is 0 Å². The van der Waals surface area contributed by atoms with Gasteiger partial charge in [-0.1, -0.05) is 0 Å². The van der Waals surface area contributed by atoms with Crippen molar-refractivity contribution in [3.8, 4) is 5.69 Å². The van der Waals surface area contributed by atoms with Crippen LogP contribution in [0.3, 0.4) is 0 Å². The average Bonchev–Trinajstić information content (AvgIpc) is 2.99. The van der Waals surface area contributed by atoms with E-state index in [4.69, 9.17) is 11.6 Å². The molecule has 0 aliphatic carbocycles. The molecule has 0 radical (unpaired) electrons. The van der Waals surface area contributed by atoms with Crippen LogP contribution in [-0.4, -0.2) is 19.3 Å². The highest BCUT2D eigenvalue weighted by atomic mass is 79.9. The maximum absolute atomic E-state index is 13.5. The summed E-state index contributed by atoms with van der Waals surface area (Å²) in [6.45, 7) is 4.66. The minimum absolute atomic E-state index is 0.271. The molecule has 0 unspecified atom stereocenters. The van der Waals surface area contributed by atoms with Gasteiger partial charge in [0.2, 0.25) is 0 Å². The fourth-order valence-electron chi connectivity index (χ4n) is 2.42. The van der Waals surface area contributed by atoms with Crippen LogP contribution in [0.5, 0.6) is 0 Å². The van der Waals surface area contributed by atoms with Crippen LogP contribution in [0.15, 0.2) is 22.7 Å². The van der Waals surface area contributed by atoms with Crippen molar-refractivity contribution >= 4 is 38.7 Å². The number of hydrogen-bond donors (Lipinski definition) is 0. The molecule has 1 aromatic carbocycles. The van der Waals surface area contributed by atoms with E-state index >= 15 is 0 Å². The first-order valence-corrected chi connectivity index (χ1v) is 7.85. The predicted molar refractivity (Wildman–Crippen MR) is 84.5 cm³/mol. The highest BCUT2D eigenvalue weighted by Gasteiger charge is 2.19. The number of aromatic nitrogens is 4. The molecular formula is C14H13BrClFN4. The number of imidazole rings is 1. The minimum atomic E-state index is -0.303. The first kappa shape index (κ1) is 14.5. The Morgan fingerprint density at radius 1 is 1.38 bits per heavy atom. The topological polar surface area (TPSA) is 35.6 Å². The van der Waals surface area contributed by atoms with Gasteiger partial charge in [0, 0.05) is 6.54 Å². The van der Waals surface area contributed by atoms with E-state index in [1.807, 2.05) is 23.1 Å². The van der Waals surface area contributed by atoms with E-state index in [0.717, 1.165) is 29.1 Å². The fraction of sp³-hybridized carbons (Fsp3) is 0.286. The zero-order chi connectivity index (χ0) is 15.1. The van der Waals surface area contributed by atoms with Crippen LogP contribution in [-0.2, 0) is 12.4 Å². The number of halogens is 3. The Labute approximate surface area is 134 Å². The van der Waals surface area contributed by atoms with Crippen molar-refractivity contribution in [2.24, 2.45) is 0 Å². The lowest BCUT2D eigenvalue weighted by Gasteiger charge is -2.10. The zero-order valence-corrected chi connectivity index (χ0v) is 13.9. The van der Waals surface area contributed by atoms with Crippen LogP contribution in [0, 0.1) is 12.7 Å². The number of aryl methyl sites for hydroxylation is 2. The Balaban J connectivity index is 2.36. The second-order valence-corrected chi connectivity index (χ2v) is 5.79. The number of fused-ring (bicyclic) bond motifs is 1. The van der Waals surface area contributed by atoms with Gasteiger partial charge in [0.1, 0.15) is 17.2 Å². The minimum Gasteiger partial charge on any atom is -0.280 e. The largest absolute Gasteiger partial charge is 0.280 e. The van der Waals surface area contributed by atoms with E-state index in [0.29, 0.717) is 10.3 Å². The van der Waals surface area contributed by atoms with Crippen LogP contribution in [0.1, 0.15) is 18.4 Å². The molecule has 21 heavy (non-hydrogen) atoms. The molecule has 4 nitrogen and oxygen atoms in total. The zero-order valence-electron chi connectivity index (χ0n) is 11.6. The molecule has 2 aromatic heterocycles. The summed E-state index contributed by atoms with van der Waals surface area (Å²) < 4.78 is 17.7. The Bertz CT molecular complexity index is 824. The normalized spacial score (nSPS) is 11.5. The molecule has 0 aliphatic heterocycles. The second kappa shape index (κ2) is 5.42. The highest BCUT2D eigenvalue weighted by Crippen LogP contribution is 2.27. The van der Waals surface area contributed by atoms with E-state index in [9.17, 15) is 4.39 Å². The van der Waals surface area contributed by atoms with Crippen molar-refractivity contribution in [3.63, 3.8) is 0 Å². The van der Waals surface area contributed by atoms with E-state index in [2.05, 4.69) is 26.0 Å². The SMILES string of the molecule is CCn1nc(C)c2nc(CCl)n(-c3ccc(F)c(Br)c3)c21. The average molecular weight is 372 g/mol. The number of rotatable bonds is 3. The van der Waals surface area contributed by atoms with Crippen molar-refractivity contribution in [1.82, 2.24) is 19.3 Å². The molecular weight excluding hydrogens is 359 g/mol. The summed E-state index contributed by atoms with van der Waals surface area (Å²) in [5.41, 5.74) is 3.37. The number of hydrogen-bond acceptors (Lipinski definition) is 2. The van der Waals surface area contributed by atoms with Crippen LogP contribution in [0.25, 0.3) is 16.9 Å². The first-order valence-electron chi connectivity index (χ1n) is 6.53. The molecule has 0 atom stereocenters. The Kier molecular flexibility index (Phi) is 3.75. The molecule has 0 bridgehead atoms. The van der Waals surface area contributed by atoms with E-state index in [1.165, 1.54) is 6.07 Å². The van der Waals surface area contributed by atoms with Gasteiger partial charge in [0.15, 0.2) is 5.65 Å². The standard InChI is InChI=1S/C14H13BrClFN4/c1-3-20-14-13(8(2)19-20)18-12(7-16)21(14)9-4-5-11(17)10(15)6-9/h4-6H,3,7H2,1-2H3. The molecule has 0 fully saturated rings. The lowest BCUT2D eigenvalue weighted by atomic mass is 10.3. The van der Waals surface area contributed by atoms with E-state index < -0.39 is 0 Å². The number of alkyl halides is 1. The Morgan fingerprint density at radius 3 is 2.76 bits per heavy atom. The third-order valence-electron chi connectivity index (χ3n) is 3.36. The number of benzene rings is 1. The van der Waals surface area contributed by atoms with E-state index in [1.54, 1.807) is 12.1 Å². The van der Waals surface area contributed by atoms with Gasteiger partial charge in [-0.25, -0.2) is 14.1 Å². The summed E-state index contributed by atoms with van der Waals surface area (Å²) >= 11 is 9.25. The molecule has 0 amide bonds. The third-order valence-corrected chi connectivity index (χ3v) is 4.21. The van der Waals surface area contributed by atoms with Crippen molar-refractivity contribution in [1.29, 1.82) is 0 Å². The lowest BCUT2D eigenvalue weighted by molar-refractivity contribution is 0.620. The van der Waals surface area contributed by atoms with Crippen molar-refractivity contribution in [2.75, 3.05) is 0 Å². The summed E-state index contributed by atoms with van der Waals surface area (Å²) in [4.78, 5) is 4.57. The lowest BCUT2D eigenvalue weighted by Crippen LogP contribution is -2.06. The van der Waals surface area contributed by atoms with Crippen LogP contribution in [0.2, 0.25) is 0 Å². The highest BCUT2D eigenvalue weighted by molar-refractivity contribution is 9.10. The molecule has 2 heterocycles. The Hall–Kier alpha value is -1.40. The molecule has 3 aromatic rings. The third kappa shape index (κ3) is 2.26. The molecule has 3 rings (SSSR count). The molecule has 0 N–H and O–H groups in total. The maximum atomic E-state index is 13.5. The van der Waals surface area contributed by atoms with E-state index in [-0.39, 0.29) is 11.7 Å². The van der Waals surface area contributed by atoms with Gasteiger partial charge in [0.05, 0.1) is 21.7 Å². The van der Waals surface area contributed by atoms with Crippen LogP contribution >= 0.6 is 27.5 Å². The number of nitrogens with zero attached hydrogens (tertiary/aromatic N) is 4. The molecule has 0 spiro atoms. The van der Waals surface area contributed by atoms with Crippen LogP contribution in [0.4, 0.5) is 4.39 Å². The Morgan fingerprint density at radius 2 is 2.14 bits per heavy atom. The smallest absolute Gasteiger partial charge is 0.163 e. The maximum Gasteiger partial charge on any atom is 0.163 e. The summed E-state index contributed by atoms with van der Waals surface area (Å²) in [5.74, 6) is 0.683. The molecule has 0 aliphatic rings. The molecule has 110 valence electrons. The van der Waals surface area contributed by atoms with Crippen molar-refractivity contribution < 1.29 is 4.39 Å². The monoisotopic (exact) mass is 370 g/mol.